The Morgan fingerprint density at radius 2 is 1.60 bits per heavy atom. The lowest BCUT2D eigenvalue weighted by Crippen LogP contribution is -2.45. The molecule has 0 aliphatic carbocycles. The molecule has 2 aromatic rings. The maximum atomic E-state index is 12.8. The van der Waals surface area contributed by atoms with E-state index >= 15 is 0 Å². The summed E-state index contributed by atoms with van der Waals surface area (Å²) in [5.74, 6) is -5.46. The number of carboxylic acid groups (broad SMARTS) is 2. The fraction of sp³-hybridized carbons (Fsp3) is 0.333. The van der Waals surface area contributed by atoms with Crippen molar-refractivity contribution in [3.05, 3.63) is 68.2 Å². The molecule has 11 heteroatoms. The molecule has 0 bridgehead atoms. The van der Waals surface area contributed by atoms with E-state index in [1.807, 2.05) is 0 Å². The predicted octanol–water partition coefficient (Wildman–Crippen LogP) is 4.79. The topological polar surface area (TPSA) is 130 Å². The van der Waals surface area contributed by atoms with Crippen molar-refractivity contribution < 1.29 is 34.1 Å². The SMILES string of the molecule is Cc1cc(C(=O)O[C@@H](Cc2ccc(Cl)c(Cl)c2)[C@H](C)NC(=O)CC(CC(=O)O)C(=O)O)ccc1Cl. The molecule has 3 N–H and O–H groups in total. The molecule has 0 aromatic heterocycles. The van der Waals surface area contributed by atoms with E-state index in [-0.39, 0.29) is 12.0 Å². The van der Waals surface area contributed by atoms with Crippen LogP contribution in [-0.4, -0.2) is 46.2 Å². The van der Waals surface area contributed by atoms with E-state index < -0.39 is 54.7 Å². The van der Waals surface area contributed by atoms with Gasteiger partial charge in [-0.1, -0.05) is 40.9 Å². The van der Waals surface area contributed by atoms with Crippen molar-refractivity contribution in [1.29, 1.82) is 0 Å². The van der Waals surface area contributed by atoms with Gasteiger partial charge in [0, 0.05) is 17.9 Å². The van der Waals surface area contributed by atoms with Crippen LogP contribution in [0.25, 0.3) is 0 Å². The second-order valence-corrected chi connectivity index (χ2v) is 9.28. The molecular weight excluding hydrogens is 521 g/mol. The van der Waals surface area contributed by atoms with Gasteiger partial charge in [0.15, 0.2) is 0 Å². The van der Waals surface area contributed by atoms with Gasteiger partial charge in [-0.05, 0) is 55.3 Å². The number of carboxylic acids is 2. The number of esters is 1. The molecule has 188 valence electrons. The molecule has 0 saturated heterocycles. The number of hydrogen-bond donors (Lipinski definition) is 3. The van der Waals surface area contributed by atoms with E-state index in [2.05, 4.69) is 5.32 Å². The van der Waals surface area contributed by atoms with Crippen LogP contribution >= 0.6 is 34.8 Å². The Balaban J connectivity index is 2.22. The van der Waals surface area contributed by atoms with E-state index in [0.29, 0.717) is 26.2 Å². The normalized spacial score (nSPS) is 13.4. The molecule has 0 fully saturated rings. The summed E-state index contributed by atoms with van der Waals surface area (Å²) in [6.45, 7) is 3.33. The maximum Gasteiger partial charge on any atom is 0.338 e. The highest BCUT2D eigenvalue weighted by Gasteiger charge is 2.28. The third-order valence-corrected chi connectivity index (χ3v) is 6.38. The van der Waals surface area contributed by atoms with Gasteiger partial charge in [0.25, 0.3) is 0 Å². The van der Waals surface area contributed by atoms with E-state index in [9.17, 15) is 24.3 Å². The predicted molar refractivity (Wildman–Crippen MR) is 131 cm³/mol. The van der Waals surface area contributed by atoms with Gasteiger partial charge in [0.1, 0.15) is 6.10 Å². The third kappa shape index (κ3) is 8.72. The molecule has 35 heavy (non-hydrogen) atoms. The number of halogens is 3. The van der Waals surface area contributed by atoms with Gasteiger partial charge in [-0.15, -0.1) is 0 Å². The fourth-order valence-electron chi connectivity index (χ4n) is 3.28. The highest BCUT2D eigenvalue weighted by Crippen LogP contribution is 2.25. The van der Waals surface area contributed by atoms with Crippen LogP contribution in [0.15, 0.2) is 36.4 Å². The molecule has 1 amide bonds. The largest absolute Gasteiger partial charge is 0.481 e. The molecule has 3 atom stereocenters. The first-order chi connectivity index (χ1) is 16.4. The standard InChI is InChI=1S/C24H24Cl3NO7/c1-12-7-15(4-6-17(12)25)24(34)35-20(9-14-3-5-18(26)19(27)8-14)13(2)28-21(29)10-16(23(32)33)11-22(30)31/h3-8,13,16,20H,9-11H2,1-2H3,(H,28,29)(H,30,31)(H,32,33)/t13-,16?,20-/m0/s1. The number of ether oxygens (including phenoxy) is 1. The Hall–Kier alpha value is -2.81. The van der Waals surface area contributed by atoms with Crippen molar-refractivity contribution in [2.45, 2.75) is 45.3 Å². The smallest absolute Gasteiger partial charge is 0.338 e. The summed E-state index contributed by atoms with van der Waals surface area (Å²) in [6.07, 6.45) is -1.96. The second kappa shape index (κ2) is 12.8. The van der Waals surface area contributed by atoms with Crippen molar-refractivity contribution in [2.75, 3.05) is 0 Å². The molecule has 0 heterocycles. The monoisotopic (exact) mass is 543 g/mol. The zero-order valence-corrected chi connectivity index (χ0v) is 21.2. The van der Waals surface area contributed by atoms with E-state index in [1.165, 1.54) is 6.07 Å². The highest BCUT2D eigenvalue weighted by atomic mass is 35.5. The molecule has 0 saturated carbocycles. The zero-order valence-electron chi connectivity index (χ0n) is 18.9. The Morgan fingerprint density at radius 3 is 2.17 bits per heavy atom. The van der Waals surface area contributed by atoms with Crippen LogP contribution in [0.2, 0.25) is 15.1 Å². The van der Waals surface area contributed by atoms with Crippen LogP contribution in [0.3, 0.4) is 0 Å². The first kappa shape index (κ1) is 28.4. The van der Waals surface area contributed by atoms with Gasteiger partial charge in [0.2, 0.25) is 5.91 Å². The van der Waals surface area contributed by atoms with Gasteiger partial charge >= 0.3 is 17.9 Å². The van der Waals surface area contributed by atoms with Crippen LogP contribution in [0.4, 0.5) is 0 Å². The van der Waals surface area contributed by atoms with Gasteiger partial charge in [0.05, 0.1) is 34.0 Å². The number of rotatable bonds is 11. The van der Waals surface area contributed by atoms with Crippen LogP contribution in [-0.2, 0) is 25.5 Å². The molecule has 0 radical (unpaired) electrons. The van der Waals surface area contributed by atoms with Gasteiger partial charge in [-0.3, -0.25) is 14.4 Å². The van der Waals surface area contributed by atoms with Crippen molar-refractivity contribution in [3.63, 3.8) is 0 Å². The number of amides is 1. The summed E-state index contributed by atoms with van der Waals surface area (Å²) < 4.78 is 5.70. The van der Waals surface area contributed by atoms with Gasteiger partial charge in [-0.25, -0.2) is 4.79 Å². The fourth-order valence-corrected chi connectivity index (χ4v) is 3.72. The lowest BCUT2D eigenvalue weighted by molar-refractivity contribution is -0.149. The van der Waals surface area contributed by atoms with Crippen molar-refractivity contribution in [2.24, 2.45) is 5.92 Å². The van der Waals surface area contributed by atoms with E-state index in [1.54, 1.807) is 44.2 Å². The van der Waals surface area contributed by atoms with Crippen molar-refractivity contribution in [1.82, 2.24) is 5.32 Å². The average molecular weight is 545 g/mol. The van der Waals surface area contributed by atoms with Crippen molar-refractivity contribution >= 4 is 58.6 Å². The molecule has 8 nitrogen and oxygen atoms in total. The zero-order chi connectivity index (χ0) is 26.3. The second-order valence-electron chi connectivity index (χ2n) is 8.05. The highest BCUT2D eigenvalue weighted by molar-refractivity contribution is 6.42. The summed E-state index contributed by atoms with van der Waals surface area (Å²) in [6, 6.07) is 8.80. The number of carbonyl (C=O) groups is 4. The molecule has 2 aromatic carbocycles. The Bertz CT molecular complexity index is 1120. The van der Waals surface area contributed by atoms with E-state index in [4.69, 9.17) is 44.6 Å². The molecular formula is C24H24Cl3NO7. The van der Waals surface area contributed by atoms with Crippen molar-refractivity contribution in [3.8, 4) is 0 Å². The summed E-state index contributed by atoms with van der Waals surface area (Å²) in [7, 11) is 0. The number of carbonyl (C=O) groups excluding carboxylic acids is 2. The third-order valence-electron chi connectivity index (χ3n) is 5.22. The van der Waals surface area contributed by atoms with Crippen LogP contribution in [0.1, 0.15) is 41.3 Å². The minimum Gasteiger partial charge on any atom is -0.481 e. The molecule has 0 aliphatic heterocycles. The quantitative estimate of drug-likeness (QED) is 0.347. The van der Waals surface area contributed by atoms with Gasteiger partial charge in [-0.2, -0.15) is 0 Å². The Kier molecular flexibility index (Phi) is 10.4. The minimum atomic E-state index is -1.40. The van der Waals surface area contributed by atoms with E-state index in [0.717, 1.165) is 0 Å². The summed E-state index contributed by atoms with van der Waals surface area (Å²) in [5, 5.41) is 21.8. The lowest BCUT2D eigenvalue weighted by Gasteiger charge is -2.26. The summed E-state index contributed by atoms with van der Waals surface area (Å²) in [4.78, 5) is 47.5. The number of aliphatic carboxylic acids is 2. The molecule has 0 aliphatic rings. The Labute approximate surface area is 217 Å². The maximum absolute atomic E-state index is 12.8. The van der Waals surface area contributed by atoms with Crippen LogP contribution in [0.5, 0.6) is 0 Å². The van der Waals surface area contributed by atoms with Gasteiger partial charge < -0.3 is 20.3 Å². The van der Waals surface area contributed by atoms with Crippen LogP contribution in [0, 0.1) is 12.8 Å². The Morgan fingerprint density at radius 1 is 0.943 bits per heavy atom. The lowest BCUT2D eigenvalue weighted by atomic mass is 9.99. The number of aryl methyl sites for hydroxylation is 1. The molecule has 2 rings (SSSR count). The van der Waals surface area contributed by atoms with Crippen LogP contribution < -0.4 is 5.32 Å². The molecule has 1 unspecified atom stereocenters. The summed E-state index contributed by atoms with van der Waals surface area (Å²) in [5.41, 5.74) is 1.62. The summed E-state index contributed by atoms with van der Waals surface area (Å²) >= 11 is 18.1. The first-order valence-corrected chi connectivity index (χ1v) is 11.7. The number of hydrogen-bond acceptors (Lipinski definition) is 5. The average Bonchev–Trinajstić information content (AvgIpc) is 2.76. The molecule has 0 spiro atoms. The number of nitrogens with one attached hydrogen (secondary N) is 1. The first-order valence-electron chi connectivity index (χ1n) is 10.5. The number of benzene rings is 2. The minimum absolute atomic E-state index is 0.161.